The summed E-state index contributed by atoms with van der Waals surface area (Å²) >= 11 is 0. The summed E-state index contributed by atoms with van der Waals surface area (Å²) in [6.45, 7) is 1.78. The molecule has 0 amide bonds. The van der Waals surface area contributed by atoms with E-state index >= 15 is 0 Å². The monoisotopic (exact) mass is 285 g/mol. The Morgan fingerprint density at radius 2 is 1.95 bits per heavy atom. The molecular weight excluding hydrogens is 270 g/mol. The molecule has 6 nitrogen and oxygen atoms in total. The summed E-state index contributed by atoms with van der Waals surface area (Å²) in [6, 6.07) is 8.74. The maximum Gasteiger partial charge on any atom is 0.204 e. The van der Waals surface area contributed by atoms with Crippen molar-refractivity contribution in [1.29, 1.82) is 5.26 Å². The normalized spacial score (nSPS) is 10.0. The van der Waals surface area contributed by atoms with Gasteiger partial charge in [-0.1, -0.05) is 0 Å². The summed E-state index contributed by atoms with van der Waals surface area (Å²) in [7, 11) is 3.11. The molecular formula is C15H15N3O3. The van der Waals surface area contributed by atoms with E-state index in [1.165, 1.54) is 6.07 Å². The van der Waals surface area contributed by atoms with E-state index in [-0.39, 0.29) is 17.5 Å². The Kier molecular flexibility index (Phi) is 4.24. The SMILES string of the molecule is COc1ccc(-n2nc(CC#N)c(=O)cc2C)cc1OC. The highest BCUT2D eigenvalue weighted by molar-refractivity contribution is 5.49. The fourth-order valence-electron chi connectivity index (χ4n) is 2.00. The van der Waals surface area contributed by atoms with E-state index < -0.39 is 0 Å². The Morgan fingerprint density at radius 1 is 1.24 bits per heavy atom. The van der Waals surface area contributed by atoms with Crippen LogP contribution in [0, 0.1) is 18.3 Å². The highest BCUT2D eigenvalue weighted by atomic mass is 16.5. The molecule has 0 N–H and O–H groups in total. The van der Waals surface area contributed by atoms with Gasteiger partial charge in [0.2, 0.25) is 5.43 Å². The van der Waals surface area contributed by atoms with Gasteiger partial charge in [-0.3, -0.25) is 4.79 Å². The maximum absolute atomic E-state index is 11.8. The van der Waals surface area contributed by atoms with Gasteiger partial charge in [-0.25, -0.2) is 4.68 Å². The molecule has 0 unspecified atom stereocenters. The number of hydrogen-bond donors (Lipinski definition) is 0. The van der Waals surface area contributed by atoms with Crippen molar-refractivity contribution in [2.45, 2.75) is 13.3 Å². The molecule has 1 aromatic heterocycles. The Labute approximate surface area is 122 Å². The lowest BCUT2D eigenvalue weighted by Gasteiger charge is -2.13. The number of hydrogen-bond acceptors (Lipinski definition) is 5. The second-order valence-corrected chi connectivity index (χ2v) is 4.38. The van der Waals surface area contributed by atoms with Crippen molar-refractivity contribution in [2.24, 2.45) is 0 Å². The fourth-order valence-corrected chi connectivity index (χ4v) is 2.00. The summed E-state index contributed by atoms with van der Waals surface area (Å²) in [5.74, 6) is 1.17. The summed E-state index contributed by atoms with van der Waals surface area (Å²) in [5.41, 5.74) is 1.39. The topological polar surface area (TPSA) is 77.1 Å². The fraction of sp³-hybridized carbons (Fsp3) is 0.267. The van der Waals surface area contributed by atoms with Gasteiger partial charge in [-0.2, -0.15) is 10.4 Å². The molecule has 1 aromatic carbocycles. The highest BCUT2D eigenvalue weighted by Gasteiger charge is 2.10. The van der Waals surface area contributed by atoms with Crippen molar-refractivity contribution in [2.75, 3.05) is 14.2 Å². The van der Waals surface area contributed by atoms with Crippen LogP contribution in [0.15, 0.2) is 29.1 Å². The molecule has 1 heterocycles. The zero-order chi connectivity index (χ0) is 15.4. The molecule has 0 aliphatic carbocycles. The molecule has 0 aliphatic heterocycles. The maximum atomic E-state index is 11.8. The van der Waals surface area contributed by atoms with Crippen LogP contribution in [-0.4, -0.2) is 24.0 Å². The minimum Gasteiger partial charge on any atom is -0.493 e. The third-order valence-electron chi connectivity index (χ3n) is 3.04. The molecule has 108 valence electrons. The quantitative estimate of drug-likeness (QED) is 0.853. The van der Waals surface area contributed by atoms with Crippen LogP contribution >= 0.6 is 0 Å². The first-order valence-electron chi connectivity index (χ1n) is 6.30. The van der Waals surface area contributed by atoms with Crippen LogP contribution in [0.1, 0.15) is 11.4 Å². The molecule has 0 spiro atoms. The minimum absolute atomic E-state index is 0.0214. The molecule has 21 heavy (non-hydrogen) atoms. The molecule has 0 saturated heterocycles. The van der Waals surface area contributed by atoms with Crippen molar-refractivity contribution in [1.82, 2.24) is 9.78 Å². The Hall–Kier alpha value is -2.81. The smallest absolute Gasteiger partial charge is 0.204 e. The second kappa shape index (κ2) is 6.09. The van der Waals surface area contributed by atoms with E-state index in [1.807, 2.05) is 12.1 Å². The molecule has 0 saturated carbocycles. The molecule has 0 radical (unpaired) electrons. The predicted molar refractivity (Wildman–Crippen MR) is 77.0 cm³/mol. The number of nitriles is 1. The summed E-state index contributed by atoms with van der Waals surface area (Å²) in [4.78, 5) is 11.8. The van der Waals surface area contributed by atoms with Gasteiger partial charge < -0.3 is 9.47 Å². The first kappa shape index (κ1) is 14.6. The number of methoxy groups -OCH3 is 2. The van der Waals surface area contributed by atoms with Gasteiger partial charge in [0.1, 0.15) is 5.69 Å². The van der Waals surface area contributed by atoms with Gasteiger partial charge in [0.15, 0.2) is 11.5 Å². The van der Waals surface area contributed by atoms with Crippen LogP contribution in [0.5, 0.6) is 11.5 Å². The van der Waals surface area contributed by atoms with Crippen LogP contribution in [0.4, 0.5) is 0 Å². The van der Waals surface area contributed by atoms with Crippen LogP contribution < -0.4 is 14.9 Å². The first-order chi connectivity index (χ1) is 10.1. The van der Waals surface area contributed by atoms with Gasteiger partial charge in [0.25, 0.3) is 0 Å². The van der Waals surface area contributed by atoms with Gasteiger partial charge >= 0.3 is 0 Å². The average Bonchev–Trinajstić information content (AvgIpc) is 2.49. The number of rotatable bonds is 4. The van der Waals surface area contributed by atoms with Gasteiger partial charge in [0.05, 0.1) is 32.4 Å². The van der Waals surface area contributed by atoms with Gasteiger partial charge in [0, 0.05) is 17.8 Å². The molecule has 0 fully saturated rings. The lowest BCUT2D eigenvalue weighted by atomic mass is 10.2. The predicted octanol–water partition coefficient (Wildman–Crippen LogP) is 1.62. The molecule has 2 aromatic rings. The number of ether oxygens (including phenoxy) is 2. The van der Waals surface area contributed by atoms with E-state index in [9.17, 15) is 4.79 Å². The van der Waals surface area contributed by atoms with Crippen LogP contribution in [0.2, 0.25) is 0 Å². The van der Waals surface area contributed by atoms with E-state index in [0.29, 0.717) is 17.2 Å². The van der Waals surface area contributed by atoms with Crippen molar-refractivity contribution in [3.05, 3.63) is 45.9 Å². The number of aryl methyl sites for hydroxylation is 1. The van der Waals surface area contributed by atoms with Gasteiger partial charge in [-0.15, -0.1) is 0 Å². The Balaban J connectivity index is 2.59. The van der Waals surface area contributed by atoms with Crippen LogP contribution in [0.25, 0.3) is 5.69 Å². The second-order valence-electron chi connectivity index (χ2n) is 4.38. The Morgan fingerprint density at radius 3 is 2.57 bits per heavy atom. The van der Waals surface area contributed by atoms with E-state index in [0.717, 1.165) is 5.69 Å². The molecule has 2 rings (SSSR count). The van der Waals surface area contributed by atoms with Crippen molar-refractivity contribution >= 4 is 0 Å². The zero-order valence-electron chi connectivity index (χ0n) is 12.1. The van der Waals surface area contributed by atoms with E-state index in [4.69, 9.17) is 14.7 Å². The van der Waals surface area contributed by atoms with Crippen molar-refractivity contribution in [3.8, 4) is 23.3 Å². The lowest BCUT2D eigenvalue weighted by molar-refractivity contribution is 0.354. The zero-order valence-corrected chi connectivity index (χ0v) is 12.1. The average molecular weight is 285 g/mol. The summed E-state index contributed by atoms with van der Waals surface area (Å²) < 4.78 is 12.1. The molecule has 0 atom stereocenters. The third kappa shape index (κ3) is 2.87. The molecule has 0 bridgehead atoms. The minimum atomic E-state index is -0.231. The van der Waals surface area contributed by atoms with E-state index in [1.54, 1.807) is 38.0 Å². The largest absolute Gasteiger partial charge is 0.493 e. The Bertz CT molecular complexity index is 760. The van der Waals surface area contributed by atoms with Crippen LogP contribution in [-0.2, 0) is 6.42 Å². The summed E-state index contributed by atoms with van der Waals surface area (Å²) in [5, 5.41) is 13.0. The molecule has 0 aliphatic rings. The lowest BCUT2D eigenvalue weighted by Crippen LogP contribution is -2.18. The van der Waals surface area contributed by atoms with Crippen molar-refractivity contribution < 1.29 is 9.47 Å². The first-order valence-corrected chi connectivity index (χ1v) is 6.30. The standard InChI is InChI=1S/C15H15N3O3/c1-10-8-13(19)12(6-7-16)17-18(10)11-4-5-14(20-2)15(9-11)21-3/h4-5,8-9H,6H2,1-3H3. The van der Waals surface area contributed by atoms with Gasteiger partial charge in [-0.05, 0) is 19.1 Å². The van der Waals surface area contributed by atoms with E-state index in [2.05, 4.69) is 5.10 Å². The van der Waals surface area contributed by atoms with Crippen LogP contribution in [0.3, 0.4) is 0 Å². The number of nitrogens with zero attached hydrogens (tertiary/aromatic N) is 3. The summed E-state index contributed by atoms with van der Waals surface area (Å²) in [6.07, 6.45) is -0.0214. The number of aromatic nitrogens is 2. The number of benzene rings is 1. The molecule has 6 heteroatoms. The third-order valence-corrected chi connectivity index (χ3v) is 3.04. The van der Waals surface area contributed by atoms with Crippen molar-refractivity contribution in [3.63, 3.8) is 0 Å². The highest BCUT2D eigenvalue weighted by Crippen LogP contribution is 2.29.